The van der Waals surface area contributed by atoms with Gasteiger partial charge in [0.05, 0.1) is 11.6 Å². The van der Waals surface area contributed by atoms with Crippen LogP contribution in [0, 0.1) is 5.82 Å². The lowest BCUT2D eigenvalue weighted by atomic mass is 9.99. The fourth-order valence-electron chi connectivity index (χ4n) is 2.04. The molecule has 1 aromatic carbocycles. The van der Waals surface area contributed by atoms with Crippen molar-refractivity contribution >= 4 is 17.4 Å². The van der Waals surface area contributed by atoms with Gasteiger partial charge in [-0.15, -0.1) is 0 Å². The number of carbonyl (C=O) groups is 1. The van der Waals surface area contributed by atoms with Crippen molar-refractivity contribution in [1.82, 2.24) is 5.16 Å². The van der Waals surface area contributed by atoms with E-state index in [1.54, 1.807) is 13.0 Å². The van der Waals surface area contributed by atoms with E-state index in [1.165, 1.54) is 12.1 Å². The van der Waals surface area contributed by atoms with Gasteiger partial charge >= 0.3 is 0 Å². The van der Waals surface area contributed by atoms with Gasteiger partial charge in [0.15, 0.2) is 11.6 Å². The molecule has 0 spiro atoms. The van der Waals surface area contributed by atoms with E-state index in [1.807, 2.05) is 0 Å². The third-order valence-electron chi connectivity index (χ3n) is 3.04. The highest BCUT2D eigenvalue weighted by molar-refractivity contribution is 6.03. The number of nitrogens with two attached hydrogens (primary N) is 1. The summed E-state index contributed by atoms with van der Waals surface area (Å²) in [5.74, 6) is -0.475. The van der Waals surface area contributed by atoms with Gasteiger partial charge in [-0.1, -0.05) is 5.16 Å². The van der Waals surface area contributed by atoms with Crippen LogP contribution in [-0.2, 0) is 4.79 Å². The number of aromatic nitrogens is 1. The molecule has 18 heavy (non-hydrogen) atoms. The Kier molecular flexibility index (Phi) is 2.13. The molecule has 3 N–H and O–H groups in total. The van der Waals surface area contributed by atoms with E-state index in [-0.39, 0.29) is 23.3 Å². The van der Waals surface area contributed by atoms with Crippen LogP contribution < -0.4 is 11.1 Å². The molecule has 3 rings (SSSR count). The maximum Gasteiger partial charge on any atom is 0.231 e. The van der Waals surface area contributed by atoms with Crippen molar-refractivity contribution in [2.75, 3.05) is 11.1 Å². The molecule has 0 saturated carbocycles. The number of hydrogen-bond donors (Lipinski definition) is 2. The van der Waals surface area contributed by atoms with E-state index >= 15 is 0 Å². The van der Waals surface area contributed by atoms with Crippen LogP contribution in [0.3, 0.4) is 0 Å². The Morgan fingerprint density at radius 2 is 2.22 bits per heavy atom. The molecular weight excluding hydrogens is 237 g/mol. The summed E-state index contributed by atoms with van der Waals surface area (Å²) in [5, 5.41) is 6.06. The topological polar surface area (TPSA) is 81.2 Å². The molecule has 5 nitrogen and oxygen atoms in total. The predicted octanol–water partition coefficient (Wildman–Crippen LogP) is 2.12. The van der Waals surface area contributed by atoms with Gasteiger partial charge in [-0.25, -0.2) is 4.39 Å². The average molecular weight is 247 g/mol. The summed E-state index contributed by atoms with van der Waals surface area (Å²) in [4.78, 5) is 11.5. The van der Waals surface area contributed by atoms with E-state index in [2.05, 4.69) is 10.5 Å². The van der Waals surface area contributed by atoms with Crippen molar-refractivity contribution in [3.05, 3.63) is 29.6 Å². The molecule has 1 atom stereocenters. The van der Waals surface area contributed by atoms with Gasteiger partial charge in [0.1, 0.15) is 5.82 Å². The first-order valence-electron chi connectivity index (χ1n) is 5.43. The van der Waals surface area contributed by atoms with E-state index in [9.17, 15) is 9.18 Å². The molecule has 1 unspecified atom stereocenters. The minimum absolute atomic E-state index is 0.210. The van der Waals surface area contributed by atoms with E-state index < -0.39 is 5.82 Å². The standard InChI is InChI=1S/C12H10FN3O2/c1-5-7-2-6(9-4-10(14)16-18-9)3-8(13)11(7)15-12(5)17/h2-5H,1H3,(H2,14,16)(H,15,17). The number of fused-ring (bicyclic) bond motifs is 1. The van der Waals surface area contributed by atoms with Gasteiger partial charge < -0.3 is 15.6 Å². The van der Waals surface area contributed by atoms with Gasteiger partial charge in [0, 0.05) is 11.6 Å². The number of nitrogens with zero attached hydrogens (tertiary/aromatic N) is 1. The van der Waals surface area contributed by atoms with Crippen LogP contribution in [-0.4, -0.2) is 11.1 Å². The summed E-state index contributed by atoms with van der Waals surface area (Å²) in [6.07, 6.45) is 0. The average Bonchev–Trinajstić information content (AvgIpc) is 2.87. The minimum atomic E-state index is -0.491. The Morgan fingerprint density at radius 3 is 2.89 bits per heavy atom. The SMILES string of the molecule is CC1C(=O)Nc2c(F)cc(-c3cc(N)no3)cc21. The number of nitrogen functional groups attached to an aromatic ring is 1. The van der Waals surface area contributed by atoms with E-state index in [0.29, 0.717) is 16.9 Å². The number of carbonyl (C=O) groups excluding carboxylic acids is 1. The summed E-state index contributed by atoms with van der Waals surface area (Å²) >= 11 is 0. The third-order valence-corrected chi connectivity index (χ3v) is 3.04. The fraction of sp³-hybridized carbons (Fsp3) is 0.167. The van der Waals surface area contributed by atoms with Gasteiger partial charge in [0.2, 0.25) is 5.91 Å². The largest absolute Gasteiger partial charge is 0.381 e. The van der Waals surface area contributed by atoms with Gasteiger partial charge in [-0.05, 0) is 24.6 Å². The van der Waals surface area contributed by atoms with Crippen LogP contribution in [0.1, 0.15) is 18.4 Å². The molecule has 92 valence electrons. The molecule has 1 amide bonds. The third kappa shape index (κ3) is 1.46. The highest BCUT2D eigenvalue weighted by Crippen LogP contribution is 2.37. The zero-order valence-corrected chi connectivity index (χ0v) is 9.53. The summed E-state index contributed by atoms with van der Waals surface area (Å²) in [5.41, 5.74) is 6.82. The minimum Gasteiger partial charge on any atom is -0.381 e. The highest BCUT2D eigenvalue weighted by atomic mass is 19.1. The van der Waals surface area contributed by atoms with Crippen LogP contribution in [0.2, 0.25) is 0 Å². The zero-order valence-electron chi connectivity index (χ0n) is 9.53. The molecule has 0 fully saturated rings. The second-order valence-electron chi connectivity index (χ2n) is 4.25. The maximum absolute atomic E-state index is 13.9. The van der Waals surface area contributed by atoms with Crippen LogP contribution in [0.15, 0.2) is 22.7 Å². The summed E-state index contributed by atoms with van der Waals surface area (Å²) in [6, 6.07) is 4.51. The number of amides is 1. The molecule has 0 bridgehead atoms. The monoisotopic (exact) mass is 247 g/mol. The number of hydrogen-bond acceptors (Lipinski definition) is 4. The lowest BCUT2D eigenvalue weighted by Crippen LogP contribution is -2.08. The summed E-state index contributed by atoms with van der Waals surface area (Å²) < 4.78 is 18.9. The Balaban J connectivity index is 2.15. The fourth-order valence-corrected chi connectivity index (χ4v) is 2.04. The lowest BCUT2D eigenvalue weighted by molar-refractivity contribution is -0.116. The predicted molar refractivity (Wildman–Crippen MR) is 63.4 cm³/mol. The second-order valence-corrected chi connectivity index (χ2v) is 4.25. The zero-order chi connectivity index (χ0) is 12.9. The normalized spacial score (nSPS) is 17.7. The van der Waals surface area contributed by atoms with Crippen molar-refractivity contribution in [3.63, 3.8) is 0 Å². The molecule has 0 saturated heterocycles. The van der Waals surface area contributed by atoms with Crippen molar-refractivity contribution < 1.29 is 13.7 Å². The van der Waals surface area contributed by atoms with Crippen LogP contribution in [0.4, 0.5) is 15.9 Å². The first-order valence-corrected chi connectivity index (χ1v) is 5.43. The molecular formula is C12H10FN3O2. The van der Waals surface area contributed by atoms with E-state index in [4.69, 9.17) is 10.3 Å². The lowest BCUT2D eigenvalue weighted by Gasteiger charge is -2.04. The van der Waals surface area contributed by atoms with Crippen LogP contribution in [0.5, 0.6) is 0 Å². The molecule has 0 aliphatic carbocycles. The quantitative estimate of drug-likeness (QED) is 0.808. The summed E-state index contributed by atoms with van der Waals surface area (Å²) in [6.45, 7) is 1.72. The van der Waals surface area contributed by atoms with Crippen molar-refractivity contribution in [2.24, 2.45) is 0 Å². The molecule has 1 aliphatic heterocycles. The van der Waals surface area contributed by atoms with Gasteiger partial charge in [-0.2, -0.15) is 0 Å². The Bertz CT molecular complexity index is 651. The molecule has 0 radical (unpaired) electrons. The van der Waals surface area contributed by atoms with Gasteiger partial charge in [-0.3, -0.25) is 4.79 Å². The number of nitrogens with one attached hydrogen (secondary N) is 1. The Hall–Kier alpha value is -2.37. The van der Waals surface area contributed by atoms with E-state index in [0.717, 1.165) is 0 Å². The van der Waals surface area contributed by atoms with Gasteiger partial charge in [0.25, 0.3) is 0 Å². The molecule has 2 aromatic rings. The van der Waals surface area contributed by atoms with Crippen LogP contribution >= 0.6 is 0 Å². The van der Waals surface area contributed by atoms with Crippen molar-refractivity contribution in [3.8, 4) is 11.3 Å². The second kappa shape index (κ2) is 3.56. The molecule has 1 aliphatic rings. The number of rotatable bonds is 1. The smallest absolute Gasteiger partial charge is 0.231 e. The molecule has 2 heterocycles. The van der Waals surface area contributed by atoms with Crippen molar-refractivity contribution in [2.45, 2.75) is 12.8 Å². The van der Waals surface area contributed by atoms with Crippen LogP contribution in [0.25, 0.3) is 11.3 Å². The maximum atomic E-state index is 13.9. The summed E-state index contributed by atoms with van der Waals surface area (Å²) in [7, 11) is 0. The number of benzene rings is 1. The highest BCUT2D eigenvalue weighted by Gasteiger charge is 2.30. The Labute approximate surface area is 102 Å². The number of halogens is 1. The Morgan fingerprint density at radius 1 is 1.44 bits per heavy atom. The first kappa shape index (κ1) is 10.8. The number of anilines is 2. The molecule has 6 heteroatoms. The van der Waals surface area contributed by atoms with Crippen molar-refractivity contribution in [1.29, 1.82) is 0 Å². The first-order chi connectivity index (χ1) is 8.56. The molecule has 1 aromatic heterocycles.